The quantitative estimate of drug-likeness (QED) is 0.716. The number of ketones is 1. The summed E-state index contributed by atoms with van der Waals surface area (Å²) in [6, 6.07) is 0. The zero-order valence-corrected chi connectivity index (χ0v) is 14.3. The van der Waals surface area contributed by atoms with Gasteiger partial charge in [-0.3, -0.25) is 9.59 Å². The highest BCUT2D eigenvalue weighted by molar-refractivity contribution is 5.96. The van der Waals surface area contributed by atoms with E-state index in [1.165, 1.54) is 0 Å². The Morgan fingerprint density at radius 2 is 1.60 bits per heavy atom. The van der Waals surface area contributed by atoms with Gasteiger partial charge in [0.15, 0.2) is 11.4 Å². The molecule has 20 heavy (non-hydrogen) atoms. The summed E-state index contributed by atoms with van der Waals surface area (Å²) >= 11 is 0. The minimum absolute atomic E-state index is 0.0737. The minimum Gasteiger partial charge on any atom is -0.450 e. The van der Waals surface area contributed by atoms with Crippen LogP contribution in [0, 0.1) is 22.7 Å². The van der Waals surface area contributed by atoms with Crippen LogP contribution >= 0.6 is 0 Å². The van der Waals surface area contributed by atoms with Crippen LogP contribution in [0.15, 0.2) is 0 Å². The molecule has 116 valence electrons. The molecule has 3 nitrogen and oxygen atoms in total. The molecule has 1 unspecified atom stereocenters. The summed E-state index contributed by atoms with van der Waals surface area (Å²) in [5.74, 6) is 0.283. The van der Waals surface area contributed by atoms with Gasteiger partial charge in [-0.05, 0) is 11.8 Å². The Bertz CT molecular complexity index is 404. The molecule has 3 heteroatoms. The zero-order valence-electron chi connectivity index (χ0n) is 14.3. The van der Waals surface area contributed by atoms with Crippen molar-refractivity contribution in [3.05, 3.63) is 0 Å². The lowest BCUT2D eigenvalue weighted by molar-refractivity contribution is -0.180. The molecule has 1 fully saturated rings. The molecule has 1 heterocycles. The van der Waals surface area contributed by atoms with E-state index < -0.39 is 11.0 Å². The average molecular weight is 282 g/mol. The fraction of sp³-hybridized carbons (Fsp3) is 0.882. The summed E-state index contributed by atoms with van der Waals surface area (Å²) in [4.78, 5) is 25.0. The van der Waals surface area contributed by atoms with Crippen molar-refractivity contribution in [2.45, 2.75) is 73.8 Å². The molecule has 1 atom stereocenters. The molecule has 0 aromatic carbocycles. The normalized spacial score (nSPS) is 24.4. The standard InChI is InChI=1S/C17H30O3/c1-11(2)15(5,6)14(19)17(10-9-13(18)20-17)16(7,8)12(3)4/h11-12H,9-10H2,1-8H3. The van der Waals surface area contributed by atoms with E-state index in [2.05, 4.69) is 13.8 Å². The number of cyclic esters (lactones) is 1. The van der Waals surface area contributed by atoms with E-state index in [4.69, 9.17) is 4.74 Å². The highest BCUT2D eigenvalue weighted by Gasteiger charge is 2.61. The number of esters is 1. The number of carbonyl (C=O) groups excluding carboxylic acids is 2. The Morgan fingerprint density at radius 1 is 1.10 bits per heavy atom. The third-order valence-corrected chi connectivity index (χ3v) is 5.85. The van der Waals surface area contributed by atoms with E-state index in [-0.39, 0.29) is 29.0 Å². The third kappa shape index (κ3) is 2.40. The van der Waals surface area contributed by atoms with Gasteiger partial charge < -0.3 is 4.74 Å². The van der Waals surface area contributed by atoms with Gasteiger partial charge in [0.25, 0.3) is 0 Å². The van der Waals surface area contributed by atoms with Crippen molar-refractivity contribution in [1.29, 1.82) is 0 Å². The largest absolute Gasteiger partial charge is 0.450 e. The van der Waals surface area contributed by atoms with Gasteiger partial charge in [0.1, 0.15) is 0 Å². The summed E-state index contributed by atoms with van der Waals surface area (Å²) < 4.78 is 5.68. The lowest BCUT2D eigenvalue weighted by Gasteiger charge is -2.48. The van der Waals surface area contributed by atoms with Gasteiger partial charge in [-0.1, -0.05) is 55.4 Å². The van der Waals surface area contributed by atoms with E-state index in [9.17, 15) is 9.59 Å². The lowest BCUT2D eigenvalue weighted by atomic mass is 9.59. The van der Waals surface area contributed by atoms with Crippen LogP contribution < -0.4 is 0 Å². The minimum atomic E-state index is -0.980. The third-order valence-electron chi connectivity index (χ3n) is 5.85. The second-order valence-corrected chi connectivity index (χ2v) is 7.88. The Balaban J connectivity index is 3.35. The van der Waals surface area contributed by atoms with E-state index in [0.717, 1.165) is 0 Å². The molecule has 0 saturated carbocycles. The second-order valence-electron chi connectivity index (χ2n) is 7.88. The molecule has 0 spiro atoms. The molecule has 1 aliphatic rings. The highest BCUT2D eigenvalue weighted by atomic mass is 16.6. The predicted octanol–water partition coefficient (Wildman–Crippen LogP) is 4.00. The van der Waals surface area contributed by atoms with Gasteiger partial charge in [-0.25, -0.2) is 0 Å². The molecular weight excluding hydrogens is 252 g/mol. The molecule has 0 N–H and O–H groups in total. The summed E-state index contributed by atoms with van der Waals surface area (Å²) in [6.45, 7) is 16.3. The van der Waals surface area contributed by atoms with Gasteiger partial charge in [0.05, 0.1) is 0 Å². The van der Waals surface area contributed by atoms with Crippen molar-refractivity contribution >= 4 is 11.8 Å². The Hall–Kier alpha value is -0.860. The highest BCUT2D eigenvalue weighted by Crippen LogP contribution is 2.51. The molecule has 0 aliphatic carbocycles. The molecule has 0 bridgehead atoms. The molecule has 1 saturated heterocycles. The number of carbonyl (C=O) groups is 2. The van der Waals surface area contributed by atoms with Crippen LogP contribution in [0.5, 0.6) is 0 Å². The number of Topliss-reactive ketones (excluding diaryl/α,β-unsaturated/α-hetero) is 1. The van der Waals surface area contributed by atoms with Crippen molar-refractivity contribution in [3.8, 4) is 0 Å². The van der Waals surface area contributed by atoms with Gasteiger partial charge >= 0.3 is 5.97 Å². The fourth-order valence-corrected chi connectivity index (χ4v) is 2.73. The van der Waals surface area contributed by atoms with Crippen LogP contribution in [0.25, 0.3) is 0 Å². The van der Waals surface area contributed by atoms with Crippen LogP contribution in [0.3, 0.4) is 0 Å². The molecular formula is C17H30O3. The average Bonchev–Trinajstić information content (AvgIpc) is 2.71. The van der Waals surface area contributed by atoms with Crippen molar-refractivity contribution in [3.63, 3.8) is 0 Å². The Kier molecular flexibility index (Phi) is 4.43. The van der Waals surface area contributed by atoms with E-state index in [1.807, 2.05) is 41.5 Å². The molecule has 0 aromatic rings. The predicted molar refractivity (Wildman–Crippen MR) is 80.3 cm³/mol. The number of hydrogen-bond donors (Lipinski definition) is 0. The van der Waals surface area contributed by atoms with Gasteiger partial charge in [-0.15, -0.1) is 0 Å². The first-order chi connectivity index (χ1) is 8.89. The molecule has 1 aliphatic heterocycles. The molecule has 0 radical (unpaired) electrons. The topological polar surface area (TPSA) is 43.4 Å². The Labute approximate surface area is 123 Å². The van der Waals surface area contributed by atoms with Crippen molar-refractivity contribution in [1.82, 2.24) is 0 Å². The SMILES string of the molecule is CC(C)C(C)(C)C(=O)C1(C(C)(C)C(C)C)CCC(=O)O1. The molecule has 0 aromatic heterocycles. The Morgan fingerprint density at radius 3 is 1.90 bits per heavy atom. The van der Waals surface area contributed by atoms with Crippen LogP contribution in [-0.4, -0.2) is 17.4 Å². The van der Waals surface area contributed by atoms with Gasteiger partial charge in [0.2, 0.25) is 0 Å². The summed E-state index contributed by atoms with van der Waals surface area (Å²) in [6.07, 6.45) is 0.849. The first kappa shape index (κ1) is 17.2. The van der Waals surface area contributed by atoms with E-state index in [0.29, 0.717) is 12.8 Å². The smallest absolute Gasteiger partial charge is 0.306 e. The van der Waals surface area contributed by atoms with E-state index in [1.54, 1.807) is 0 Å². The van der Waals surface area contributed by atoms with Crippen LogP contribution in [-0.2, 0) is 14.3 Å². The maximum atomic E-state index is 13.2. The van der Waals surface area contributed by atoms with Crippen molar-refractivity contribution < 1.29 is 14.3 Å². The number of rotatable bonds is 5. The summed E-state index contributed by atoms with van der Waals surface area (Å²) in [5.41, 5.74) is -1.86. The summed E-state index contributed by atoms with van der Waals surface area (Å²) in [5, 5.41) is 0. The lowest BCUT2D eigenvalue weighted by Crippen LogP contribution is -2.58. The molecule has 1 rings (SSSR count). The van der Waals surface area contributed by atoms with Crippen LogP contribution in [0.4, 0.5) is 0 Å². The fourth-order valence-electron chi connectivity index (χ4n) is 2.73. The maximum absolute atomic E-state index is 13.2. The van der Waals surface area contributed by atoms with Crippen LogP contribution in [0.2, 0.25) is 0 Å². The number of hydrogen-bond acceptors (Lipinski definition) is 3. The second kappa shape index (κ2) is 5.16. The van der Waals surface area contributed by atoms with Crippen LogP contribution in [0.1, 0.15) is 68.2 Å². The first-order valence-corrected chi connectivity index (χ1v) is 7.66. The molecule has 0 amide bonds. The first-order valence-electron chi connectivity index (χ1n) is 7.66. The monoisotopic (exact) mass is 282 g/mol. The van der Waals surface area contributed by atoms with Gasteiger partial charge in [0, 0.05) is 23.7 Å². The van der Waals surface area contributed by atoms with Gasteiger partial charge in [-0.2, -0.15) is 0 Å². The number of ether oxygens (including phenoxy) is 1. The van der Waals surface area contributed by atoms with Crippen molar-refractivity contribution in [2.75, 3.05) is 0 Å². The van der Waals surface area contributed by atoms with E-state index >= 15 is 0 Å². The maximum Gasteiger partial charge on any atom is 0.306 e. The van der Waals surface area contributed by atoms with Crippen molar-refractivity contribution in [2.24, 2.45) is 22.7 Å². The summed E-state index contributed by atoms with van der Waals surface area (Å²) in [7, 11) is 0. The zero-order chi connectivity index (χ0) is 15.9.